The van der Waals surface area contributed by atoms with Gasteiger partial charge in [-0.1, -0.05) is 24.3 Å². The number of aromatic nitrogens is 1. The van der Waals surface area contributed by atoms with Crippen LogP contribution in [0.4, 0.5) is 0 Å². The van der Waals surface area contributed by atoms with Crippen LogP contribution in [0.2, 0.25) is 0 Å². The largest absolute Gasteiger partial charge is 0.466 e. The van der Waals surface area contributed by atoms with Crippen molar-refractivity contribution in [3.8, 4) is 0 Å². The summed E-state index contributed by atoms with van der Waals surface area (Å²) in [6, 6.07) is 10.9. The fourth-order valence-corrected chi connectivity index (χ4v) is 3.90. The third-order valence-corrected chi connectivity index (χ3v) is 5.55. The van der Waals surface area contributed by atoms with Crippen LogP contribution in [0.3, 0.4) is 0 Å². The topological polar surface area (TPSA) is 85.8 Å². The number of fused-ring (bicyclic) bond motifs is 1. The second-order valence-corrected chi connectivity index (χ2v) is 7.68. The lowest BCUT2D eigenvalue weighted by Gasteiger charge is -2.24. The summed E-state index contributed by atoms with van der Waals surface area (Å²) >= 11 is 0. The number of hydrogen-bond donors (Lipinski definition) is 0. The standard InChI is InChI=1S/C23H24N2O5/c1-2-29-22(27)19-10-16(19)14-25(13-15-6-5-9-24-12-15)21(26)11-20-17-7-3-4-8-18(17)23(28)30-20/h3-9,12,16,19-20H,2,10-11,13-14H2,1H3. The number of pyridine rings is 1. The smallest absolute Gasteiger partial charge is 0.339 e. The van der Waals surface area contributed by atoms with E-state index in [9.17, 15) is 14.4 Å². The van der Waals surface area contributed by atoms with Crippen molar-refractivity contribution in [2.45, 2.75) is 32.4 Å². The maximum atomic E-state index is 13.2. The molecule has 2 heterocycles. The molecule has 3 unspecified atom stereocenters. The highest BCUT2D eigenvalue weighted by Gasteiger charge is 2.45. The zero-order valence-electron chi connectivity index (χ0n) is 16.8. The van der Waals surface area contributed by atoms with Crippen molar-refractivity contribution in [1.29, 1.82) is 0 Å². The third kappa shape index (κ3) is 4.35. The van der Waals surface area contributed by atoms with Gasteiger partial charge in [0.15, 0.2) is 0 Å². The van der Waals surface area contributed by atoms with Crippen LogP contribution in [0.5, 0.6) is 0 Å². The molecule has 156 valence electrons. The van der Waals surface area contributed by atoms with Gasteiger partial charge in [0.05, 0.1) is 24.5 Å². The lowest BCUT2D eigenvalue weighted by atomic mass is 10.0. The first-order valence-corrected chi connectivity index (χ1v) is 10.2. The molecule has 1 aliphatic carbocycles. The van der Waals surface area contributed by atoms with Gasteiger partial charge in [-0.25, -0.2) is 4.79 Å². The molecule has 1 aliphatic heterocycles. The van der Waals surface area contributed by atoms with Gasteiger partial charge < -0.3 is 14.4 Å². The molecule has 1 fully saturated rings. The fourth-order valence-electron chi connectivity index (χ4n) is 3.90. The highest BCUT2D eigenvalue weighted by atomic mass is 16.5. The molecular weight excluding hydrogens is 384 g/mol. The first-order valence-electron chi connectivity index (χ1n) is 10.2. The van der Waals surface area contributed by atoms with Crippen LogP contribution in [-0.4, -0.2) is 40.9 Å². The normalized spacial score (nSPS) is 21.5. The monoisotopic (exact) mass is 408 g/mol. The number of nitrogens with zero attached hydrogens (tertiary/aromatic N) is 2. The number of cyclic esters (lactones) is 1. The number of esters is 2. The van der Waals surface area contributed by atoms with Crippen LogP contribution < -0.4 is 0 Å². The molecule has 1 aromatic heterocycles. The molecule has 2 aliphatic rings. The van der Waals surface area contributed by atoms with E-state index < -0.39 is 12.1 Å². The molecule has 1 amide bonds. The van der Waals surface area contributed by atoms with Crippen LogP contribution in [-0.2, 0) is 25.6 Å². The number of carbonyl (C=O) groups excluding carboxylic acids is 3. The summed E-state index contributed by atoms with van der Waals surface area (Å²) in [5.41, 5.74) is 2.16. The number of benzene rings is 1. The maximum Gasteiger partial charge on any atom is 0.339 e. The van der Waals surface area contributed by atoms with Crippen LogP contribution in [0.25, 0.3) is 0 Å². The van der Waals surface area contributed by atoms with Gasteiger partial charge in [-0.05, 0) is 37.0 Å². The third-order valence-electron chi connectivity index (χ3n) is 5.55. The summed E-state index contributed by atoms with van der Waals surface area (Å²) in [7, 11) is 0. The lowest BCUT2D eigenvalue weighted by molar-refractivity contribution is -0.145. The first kappa shape index (κ1) is 20.1. The van der Waals surface area contributed by atoms with Gasteiger partial charge in [0.1, 0.15) is 6.10 Å². The van der Waals surface area contributed by atoms with Gasteiger partial charge >= 0.3 is 11.9 Å². The summed E-state index contributed by atoms with van der Waals surface area (Å²) < 4.78 is 10.5. The van der Waals surface area contributed by atoms with Crippen molar-refractivity contribution < 1.29 is 23.9 Å². The van der Waals surface area contributed by atoms with Crippen LogP contribution in [0.15, 0.2) is 48.8 Å². The lowest BCUT2D eigenvalue weighted by Crippen LogP contribution is -2.34. The molecule has 7 nitrogen and oxygen atoms in total. The van der Waals surface area contributed by atoms with Gasteiger partial charge in [0.25, 0.3) is 0 Å². The zero-order chi connectivity index (χ0) is 21.1. The fraction of sp³-hybridized carbons (Fsp3) is 0.391. The molecule has 2 aromatic rings. The molecule has 0 N–H and O–H groups in total. The quantitative estimate of drug-likeness (QED) is 0.625. The van der Waals surface area contributed by atoms with E-state index in [2.05, 4.69) is 4.98 Å². The number of rotatable bonds is 8. The molecule has 0 radical (unpaired) electrons. The van der Waals surface area contributed by atoms with E-state index in [4.69, 9.17) is 9.47 Å². The van der Waals surface area contributed by atoms with E-state index >= 15 is 0 Å². The van der Waals surface area contributed by atoms with Gasteiger partial charge in [0, 0.05) is 31.0 Å². The van der Waals surface area contributed by atoms with E-state index in [1.54, 1.807) is 36.4 Å². The Balaban J connectivity index is 1.46. The number of hydrogen-bond acceptors (Lipinski definition) is 6. The second kappa shape index (κ2) is 8.65. The Labute approximate surface area is 175 Å². The van der Waals surface area contributed by atoms with Crippen LogP contribution >= 0.6 is 0 Å². The molecular formula is C23H24N2O5. The molecule has 1 saturated carbocycles. The molecule has 30 heavy (non-hydrogen) atoms. The molecule has 7 heteroatoms. The summed E-state index contributed by atoms with van der Waals surface area (Å²) in [6.07, 6.45) is 3.61. The van der Waals surface area contributed by atoms with E-state index in [1.807, 2.05) is 24.3 Å². The van der Waals surface area contributed by atoms with E-state index in [1.165, 1.54) is 0 Å². The summed E-state index contributed by atoms with van der Waals surface area (Å²) in [4.78, 5) is 43.1. The average molecular weight is 408 g/mol. The molecule has 0 spiro atoms. The van der Waals surface area contributed by atoms with Crippen molar-refractivity contribution in [1.82, 2.24) is 9.88 Å². The molecule has 4 rings (SSSR count). The second-order valence-electron chi connectivity index (χ2n) is 7.68. The Kier molecular flexibility index (Phi) is 5.79. The Hall–Kier alpha value is -3.22. The Bertz CT molecular complexity index is 946. The first-order chi connectivity index (χ1) is 14.6. The van der Waals surface area contributed by atoms with E-state index in [-0.39, 0.29) is 30.1 Å². The highest BCUT2D eigenvalue weighted by molar-refractivity contribution is 5.94. The minimum atomic E-state index is -0.586. The van der Waals surface area contributed by atoms with Gasteiger partial charge in [-0.15, -0.1) is 0 Å². The minimum Gasteiger partial charge on any atom is -0.466 e. The molecule has 1 aromatic carbocycles. The van der Waals surface area contributed by atoms with Gasteiger partial charge in [-0.2, -0.15) is 0 Å². The summed E-state index contributed by atoms with van der Waals surface area (Å²) in [5.74, 6) is -0.785. The average Bonchev–Trinajstić information content (AvgIpc) is 3.46. The predicted octanol–water partition coefficient (Wildman–Crippen LogP) is 2.91. The Morgan fingerprint density at radius 3 is 2.83 bits per heavy atom. The van der Waals surface area contributed by atoms with Gasteiger partial charge in [-0.3, -0.25) is 14.6 Å². The highest BCUT2D eigenvalue weighted by Crippen LogP contribution is 2.41. The van der Waals surface area contributed by atoms with Crippen LogP contribution in [0, 0.1) is 11.8 Å². The summed E-state index contributed by atoms with van der Waals surface area (Å²) in [5, 5.41) is 0. The van der Waals surface area contributed by atoms with Gasteiger partial charge in [0.2, 0.25) is 5.91 Å². The molecule has 0 bridgehead atoms. The number of carbonyl (C=O) groups is 3. The zero-order valence-corrected chi connectivity index (χ0v) is 16.8. The molecule has 3 atom stereocenters. The predicted molar refractivity (Wildman–Crippen MR) is 107 cm³/mol. The molecule has 0 saturated heterocycles. The van der Waals surface area contributed by atoms with Crippen molar-refractivity contribution in [2.24, 2.45) is 11.8 Å². The van der Waals surface area contributed by atoms with Crippen molar-refractivity contribution >= 4 is 17.8 Å². The maximum absolute atomic E-state index is 13.2. The van der Waals surface area contributed by atoms with Crippen LogP contribution in [0.1, 0.15) is 47.4 Å². The number of amides is 1. The van der Waals surface area contributed by atoms with Crippen molar-refractivity contribution in [2.75, 3.05) is 13.2 Å². The van der Waals surface area contributed by atoms with E-state index in [0.717, 1.165) is 17.5 Å². The van der Waals surface area contributed by atoms with E-state index in [0.29, 0.717) is 25.3 Å². The number of ether oxygens (including phenoxy) is 2. The minimum absolute atomic E-state index is 0.0693. The SMILES string of the molecule is CCOC(=O)C1CC1CN(Cc1cccnc1)C(=O)CC1OC(=O)c2ccccc21. The Morgan fingerprint density at radius 1 is 1.23 bits per heavy atom. The Morgan fingerprint density at radius 2 is 2.07 bits per heavy atom. The van der Waals surface area contributed by atoms with Crippen molar-refractivity contribution in [3.05, 3.63) is 65.5 Å². The van der Waals surface area contributed by atoms with Crippen molar-refractivity contribution in [3.63, 3.8) is 0 Å². The summed E-state index contributed by atoms with van der Waals surface area (Å²) in [6.45, 7) is 2.99.